The number of amides is 1. The fraction of sp³-hybridized carbons (Fsp3) is 0.182. The third kappa shape index (κ3) is 3.69. The molecule has 3 heterocycles. The van der Waals surface area contributed by atoms with Gasteiger partial charge in [-0.1, -0.05) is 12.1 Å². The first-order valence-electron chi connectivity index (χ1n) is 9.66. The van der Waals surface area contributed by atoms with E-state index in [9.17, 15) is 18.8 Å². The Bertz CT molecular complexity index is 1420. The summed E-state index contributed by atoms with van der Waals surface area (Å²) >= 11 is 1.05. The Morgan fingerprint density at radius 2 is 2.03 bits per heavy atom. The molecule has 32 heavy (non-hydrogen) atoms. The maximum Gasteiger partial charge on any atom is 0.359 e. The van der Waals surface area contributed by atoms with Crippen molar-refractivity contribution < 1.29 is 23.1 Å². The van der Waals surface area contributed by atoms with Gasteiger partial charge >= 0.3 is 5.97 Å². The first kappa shape index (κ1) is 21.4. The van der Waals surface area contributed by atoms with E-state index in [0.29, 0.717) is 17.1 Å². The number of carbonyl (C=O) groups excluding carboxylic acids is 2. The fourth-order valence-corrected chi connectivity index (χ4v) is 4.24. The maximum atomic E-state index is 14.4. The molecule has 1 aromatic carbocycles. The van der Waals surface area contributed by atoms with Crippen LogP contribution >= 0.6 is 11.3 Å². The third-order valence-electron chi connectivity index (χ3n) is 4.71. The number of carbonyl (C=O) groups is 2. The van der Waals surface area contributed by atoms with Crippen molar-refractivity contribution >= 4 is 39.0 Å². The molecule has 0 bridgehead atoms. The highest BCUT2D eigenvalue weighted by Crippen LogP contribution is 2.31. The number of aryl methyl sites for hydroxylation is 2. The highest BCUT2D eigenvalue weighted by atomic mass is 32.1. The van der Waals surface area contributed by atoms with Crippen LogP contribution in [0.2, 0.25) is 0 Å². The molecule has 0 aliphatic rings. The van der Waals surface area contributed by atoms with Crippen LogP contribution in [0.25, 0.3) is 16.5 Å². The van der Waals surface area contributed by atoms with Gasteiger partial charge in [0.25, 0.3) is 11.5 Å². The molecule has 0 fully saturated rings. The van der Waals surface area contributed by atoms with Crippen LogP contribution in [0.5, 0.6) is 0 Å². The van der Waals surface area contributed by atoms with Gasteiger partial charge in [0.1, 0.15) is 28.0 Å². The summed E-state index contributed by atoms with van der Waals surface area (Å²) in [6.45, 7) is 5.10. The normalized spacial score (nSPS) is 11.0. The minimum atomic E-state index is -0.764. The summed E-state index contributed by atoms with van der Waals surface area (Å²) < 4.78 is 25.7. The Kier molecular flexibility index (Phi) is 5.62. The number of rotatable bonds is 5. The van der Waals surface area contributed by atoms with Crippen LogP contribution in [-0.4, -0.2) is 28.3 Å². The molecule has 0 aliphatic carbocycles. The van der Waals surface area contributed by atoms with Crippen molar-refractivity contribution in [2.75, 3.05) is 11.9 Å². The number of anilines is 1. The molecule has 0 atom stereocenters. The minimum Gasteiger partial charge on any atom is -0.466 e. The largest absolute Gasteiger partial charge is 0.466 e. The van der Waals surface area contributed by atoms with E-state index in [2.05, 4.69) is 10.4 Å². The van der Waals surface area contributed by atoms with Crippen LogP contribution in [0, 0.1) is 19.7 Å². The van der Waals surface area contributed by atoms with Gasteiger partial charge in [0.2, 0.25) is 0 Å². The van der Waals surface area contributed by atoms with Crippen LogP contribution < -0.4 is 10.9 Å². The van der Waals surface area contributed by atoms with Gasteiger partial charge in [0.15, 0.2) is 5.69 Å². The summed E-state index contributed by atoms with van der Waals surface area (Å²) in [5, 5.41) is 8.76. The van der Waals surface area contributed by atoms with Crippen molar-refractivity contribution in [2.45, 2.75) is 20.8 Å². The Balaban J connectivity index is 1.92. The van der Waals surface area contributed by atoms with Crippen molar-refractivity contribution in [3.05, 3.63) is 74.7 Å². The molecule has 0 radical (unpaired) electrons. The van der Waals surface area contributed by atoms with Crippen LogP contribution in [0.3, 0.4) is 0 Å². The van der Waals surface area contributed by atoms with Gasteiger partial charge in [-0.3, -0.25) is 9.59 Å². The molecule has 0 saturated carbocycles. The van der Waals surface area contributed by atoms with E-state index in [4.69, 9.17) is 9.15 Å². The molecular formula is C22H18FN3O5S. The zero-order valence-corrected chi connectivity index (χ0v) is 18.2. The van der Waals surface area contributed by atoms with Gasteiger partial charge in [-0.15, -0.1) is 11.3 Å². The number of aromatic nitrogens is 2. The summed E-state index contributed by atoms with van der Waals surface area (Å²) in [5.41, 5.74) is -0.653. The van der Waals surface area contributed by atoms with Crippen LogP contribution in [0.1, 0.15) is 39.3 Å². The lowest BCUT2D eigenvalue weighted by Gasteiger charge is -2.10. The predicted molar refractivity (Wildman–Crippen MR) is 117 cm³/mol. The number of benzene rings is 1. The van der Waals surface area contributed by atoms with Gasteiger partial charge in [0, 0.05) is 10.8 Å². The molecule has 8 nitrogen and oxygen atoms in total. The second kappa shape index (κ2) is 8.39. The summed E-state index contributed by atoms with van der Waals surface area (Å²) in [6, 6.07) is 7.15. The topological polar surface area (TPSA) is 103 Å². The Morgan fingerprint density at radius 1 is 1.28 bits per heavy atom. The van der Waals surface area contributed by atoms with E-state index in [1.165, 1.54) is 23.6 Å². The number of esters is 1. The molecular weight excluding hydrogens is 437 g/mol. The Morgan fingerprint density at radius 3 is 2.69 bits per heavy atom. The van der Waals surface area contributed by atoms with Crippen molar-refractivity contribution in [2.24, 2.45) is 0 Å². The zero-order chi connectivity index (χ0) is 23.0. The van der Waals surface area contributed by atoms with Crippen molar-refractivity contribution in [3.8, 4) is 5.69 Å². The molecule has 0 aliphatic heterocycles. The smallest absolute Gasteiger partial charge is 0.359 e. The fourth-order valence-electron chi connectivity index (χ4n) is 3.31. The molecule has 0 saturated heterocycles. The number of furan rings is 1. The number of fused-ring (bicyclic) bond motifs is 1. The van der Waals surface area contributed by atoms with Gasteiger partial charge in [-0.25, -0.2) is 9.18 Å². The molecule has 1 N–H and O–H groups in total. The number of nitrogens with zero attached hydrogens (tertiary/aromatic N) is 2. The molecule has 0 spiro atoms. The lowest BCUT2D eigenvalue weighted by Crippen LogP contribution is -2.26. The first-order chi connectivity index (χ1) is 15.3. The highest BCUT2D eigenvalue weighted by molar-refractivity contribution is 7.16. The number of para-hydroxylation sites is 1. The molecule has 10 heteroatoms. The van der Waals surface area contributed by atoms with Crippen LogP contribution in [0.4, 0.5) is 9.39 Å². The van der Waals surface area contributed by atoms with Crippen molar-refractivity contribution in [3.63, 3.8) is 0 Å². The molecule has 3 aromatic heterocycles. The first-order valence-corrected chi connectivity index (χ1v) is 10.5. The molecule has 0 unspecified atom stereocenters. The Labute approximate surface area is 185 Å². The lowest BCUT2D eigenvalue weighted by atomic mass is 10.2. The average Bonchev–Trinajstić information content (AvgIpc) is 3.32. The van der Waals surface area contributed by atoms with Crippen LogP contribution in [-0.2, 0) is 4.74 Å². The van der Waals surface area contributed by atoms with Crippen molar-refractivity contribution in [1.29, 1.82) is 0 Å². The monoisotopic (exact) mass is 455 g/mol. The van der Waals surface area contributed by atoms with E-state index in [1.54, 1.807) is 32.9 Å². The Hall–Kier alpha value is -3.79. The highest BCUT2D eigenvalue weighted by Gasteiger charge is 2.24. The van der Waals surface area contributed by atoms with E-state index in [1.807, 2.05) is 0 Å². The SMILES string of the molecule is CCOC(=O)c1nn(-c2ccccc2F)c(=O)c2c(NC(=O)c3cc(C)oc3C)scc12. The molecule has 4 rings (SSSR count). The minimum absolute atomic E-state index is 0.0301. The van der Waals surface area contributed by atoms with Gasteiger partial charge in [-0.2, -0.15) is 9.78 Å². The van der Waals surface area contributed by atoms with E-state index in [-0.39, 0.29) is 33.8 Å². The van der Waals surface area contributed by atoms with Gasteiger partial charge < -0.3 is 14.5 Å². The van der Waals surface area contributed by atoms with Crippen molar-refractivity contribution in [1.82, 2.24) is 9.78 Å². The second-order valence-corrected chi connectivity index (χ2v) is 7.75. The number of halogens is 1. The average molecular weight is 455 g/mol. The van der Waals surface area contributed by atoms with Gasteiger partial charge in [0.05, 0.1) is 17.6 Å². The summed E-state index contributed by atoms with van der Waals surface area (Å²) in [7, 11) is 0. The lowest BCUT2D eigenvalue weighted by molar-refractivity contribution is 0.0519. The quantitative estimate of drug-likeness (QED) is 0.452. The van der Waals surface area contributed by atoms with E-state index in [0.717, 1.165) is 16.0 Å². The zero-order valence-electron chi connectivity index (χ0n) is 17.4. The van der Waals surface area contributed by atoms with Gasteiger partial charge in [-0.05, 0) is 39.0 Å². The number of ether oxygens (including phenoxy) is 1. The maximum absolute atomic E-state index is 14.4. The number of nitrogens with one attached hydrogen (secondary N) is 1. The molecule has 4 aromatic rings. The predicted octanol–water partition coefficient (Wildman–Crippen LogP) is 4.23. The van der Waals surface area contributed by atoms with E-state index < -0.39 is 23.3 Å². The second-order valence-electron chi connectivity index (χ2n) is 6.87. The standard InChI is InChI=1S/C22H18FN3O5S/c1-4-30-22(29)18-14-10-32-20(24-19(27)13-9-11(2)31-12(13)3)17(14)21(28)26(25-18)16-8-6-5-7-15(16)23/h5-10H,4H2,1-3H3,(H,24,27). The number of hydrogen-bond acceptors (Lipinski definition) is 7. The van der Waals surface area contributed by atoms with Crippen LogP contribution in [0.15, 0.2) is 44.9 Å². The molecule has 1 amide bonds. The summed E-state index contributed by atoms with van der Waals surface area (Å²) in [6.07, 6.45) is 0. The number of thiophene rings is 1. The van der Waals surface area contributed by atoms with E-state index >= 15 is 0 Å². The number of hydrogen-bond donors (Lipinski definition) is 1. The summed E-state index contributed by atoms with van der Waals surface area (Å²) in [5.74, 6) is -0.937. The third-order valence-corrected chi connectivity index (χ3v) is 5.61. The molecule has 164 valence electrons. The summed E-state index contributed by atoms with van der Waals surface area (Å²) in [4.78, 5) is 38.6.